The number of hydrogen-bond acceptors (Lipinski definition) is 5. The average Bonchev–Trinajstić information content (AvgIpc) is 3.13. The van der Waals surface area contributed by atoms with Crippen molar-refractivity contribution in [1.29, 1.82) is 5.26 Å². The predicted octanol–water partition coefficient (Wildman–Crippen LogP) is 12.9. The molecule has 0 saturated heterocycles. The second-order valence-corrected chi connectivity index (χ2v) is 12.3. The number of ether oxygens (including phenoxy) is 1. The normalized spacial score (nSPS) is 14.3. The first-order valence-electron chi connectivity index (χ1n) is 17.4. The molecule has 6 rings (SSSR count). The van der Waals surface area contributed by atoms with Gasteiger partial charge in [0, 0.05) is 48.7 Å². The van der Waals surface area contributed by atoms with E-state index in [4.69, 9.17) is 10.5 Å². The van der Waals surface area contributed by atoms with Crippen molar-refractivity contribution >= 4 is 28.4 Å². The third-order valence-corrected chi connectivity index (χ3v) is 8.52. The molecule has 1 aromatic carbocycles. The number of aromatic nitrogens is 2. The van der Waals surface area contributed by atoms with Crippen molar-refractivity contribution in [3.8, 4) is 23.2 Å². The van der Waals surface area contributed by atoms with Crippen LogP contribution in [0.4, 0.5) is 18.9 Å². The molecular formula is C40H53ClF3N7ORu. The Morgan fingerprint density at radius 3 is 2.13 bits per heavy atom. The van der Waals surface area contributed by atoms with E-state index in [1.54, 1.807) is 24.4 Å². The fourth-order valence-electron chi connectivity index (χ4n) is 6.17. The van der Waals surface area contributed by atoms with Gasteiger partial charge in [0.25, 0.3) is 0 Å². The summed E-state index contributed by atoms with van der Waals surface area (Å²) in [5, 5.41) is 10.1. The number of allylic oxidation sites excluding steroid dienone is 3. The molecule has 5 heterocycles. The van der Waals surface area contributed by atoms with Gasteiger partial charge in [-0.05, 0) is 85.7 Å². The third kappa shape index (κ3) is 13.2. The van der Waals surface area contributed by atoms with E-state index in [-0.39, 0.29) is 54.4 Å². The Hall–Kier alpha value is -3.33. The Morgan fingerprint density at radius 1 is 0.981 bits per heavy atom. The first-order chi connectivity index (χ1) is 24.2. The largest absolute Gasteiger partial charge is 4.00 e. The maximum Gasteiger partial charge on any atom is 4.00 e. The number of fused-ring (bicyclic) bond motifs is 2. The smallest absolute Gasteiger partial charge is 0.693 e. The number of anilines is 1. The van der Waals surface area contributed by atoms with E-state index in [1.165, 1.54) is 31.8 Å². The average molecular weight is 841 g/mol. The Labute approximate surface area is 332 Å². The van der Waals surface area contributed by atoms with Crippen LogP contribution in [0.2, 0.25) is 0 Å². The fraction of sp³-hybridized carbons (Fsp3) is 0.450. The number of nitrogens with one attached hydrogen (secondary N) is 1. The molecule has 2 aromatic heterocycles. The van der Waals surface area contributed by atoms with Crippen LogP contribution in [0.3, 0.4) is 0 Å². The molecule has 8 nitrogen and oxygen atoms in total. The van der Waals surface area contributed by atoms with Gasteiger partial charge in [0.15, 0.2) is 0 Å². The molecule has 0 fully saturated rings. The monoisotopic (exact) mass is 841 g/mol. The molecule has 3 aromatic rings. The summed E-state index contributed by atoms with van der Waals surface area (Å²) in [5.74, 6) is 0.110. The van der Waals surface area contributed by atoms with Gasteiger partial charge in [-0.1, -0.05) is 46.0 Å². The number of nitrogens with two attached hydrogens (primary N) is 2. The summed E-state index contributed by atoms with van der Waals surface area (Å²) in [6.45, 7) is 12.3. The summed E-state index contributed by atoms with van der Waals surface area (Å²) in [7, 11) is 0. The summed E-state index contributed by atoms with van der Waals surface area (Å²) >= 11 is 4.64. The summed E-state index contributed by atoms with van der Waals surface area (Å²) in [5.41, 5.74) is 11.3. The van der Waals surface area contributed by atoms with Gasteiger partial charge in [0.05, 0.1) is 17.0 Å². The molecule has 290 valence electrons. The molecule has 53 heavy (non-hydrogen) atoms. The number of pyridine rings is 2. The van der Waals surface area contributed by atoms with Crippen LogP contribution < -0.4 is 9.64 Å². The zero-order valence-corrected chi connectivity index (χ0v) is 33.7. The van der Waals surface area contributed by atoms with Crippen molar-refractivity contribution in [2.75, 3.05) is 30.9 Å². The summed E-state index contributed by atoms with van der Waals surface area (Å²) < 4.78 is 49.4. The number of halogens is 4. The molecule has 3 aliphatic heterocycles. The molecule has 3 aliphatic rings. The molecule has 0 saturated carbocycles. The number of hydrogen-bond donors (Lipinski definition) is 0. The van der Waals surface area contributed by atoms with Crippen LogP contribution in [0.1, 0.15) is 93.0 Å². The van der Waals surface area contributed by atoms with E-state index in [9.17, 15) is 18.4 Å². The summed E-state index contributed by atoms with van der Waals surface area (Å²) in [6, 6.07) is 10.7. The number of aryl methyl sites for hydroxylation is 2. The van der Waals surface area contributed by atoms with Crippen LogP contribution in [-0.4, -0.2) is 42.2 Å². The minimum absolute atomic E-state index is 0. The van der Waals surface area contributed by atoms with Crippen LogP contribution in [0.25, 0.3) is 40.6 Å². The van der Waals surface area contributed by atoms with Crippen molar-refractivity contribution in [1.82, 2.24) is 9.97 Å². The third-order valence-electron chi connectivity index (χ3n) is 8.52. The van der Waals surface area contributed by atoms with Crippen molar-refractivity contribution in [2.45, 2.75) is 91.2 Å². The van der Waals surface area contributed by atoms with E-state index in [1.807, 2.05) is 19.1 Å². The van der Waals surface area contributed by atoms with Crippen LogP contribution in [0.15, 0.2) is 54.6 Å². The molecular weight excluding hydrogens is 788 g/mol. The van der Waals surface area contributed by atoms with E-state index in [0.717, 1.165) is 80.1 Å². The second-order valence-electron chi connectivity index (χ2n) is 12.3. The van der Waals surface area contributed by atoms with E-state index >= 15 is 0 Å². The number of nitrogens with zero attached hydrogens (tertiary/aromatic N) is 4. The van der Waals surface area contributed by atoms with E-state index < -0.39 is 11.7 Å². The van der Waals surface area contributed by atoms with Gasteiger partial charge in [-0.3, -0.25) is 9.97 Å². The molecule has 0 bridgehead atoms. The van der Waals surface area contributed by atoms with Gasteiger partial charge in [-0.25, -0.2) is 0 Å². The molecule has 0 spiro atoms. The number of nitriles is 1. The molecule has 0 aliphatic carbocycles. The first kappa shape index (κ1) is 49.7. The maximum absolute atomic E-state index is 14.4. The summed E-state index contributed by atoms with van der Waals surface area (Å²) in [6.07, 6.45) is 11.4. The topological polar surface area (TPSA) is 153 Å². The molecule has 13 heteroatoms. The Balaban J connectivity index is 0.00000147. The van der Waals surface area contributed by atoms with Crippen LogP contribution in [-0.2, 0) is 32.3 Å². The van der Waals surface area contributed by atoms with Gasteiger partial charge in [0.2, 0.25) is 0 Å². The summed E-state index contributed by atoms with van der Waals surface area (Å²) in [4.78, 5) is 11.0. The molecule has 0 amide bonds. The van der Waals surface area contributed by atoms with Crippen LogP contribution in [0.5, 0.6) is 5.75 Å². The van der Waals surface area contributed by atoms with Crippen molar-refractivity contribution in [3.63, 3.8) is 0 Å². The Bertz CT molecular complexity index is 1670. The van der Waals surface area contributed by atoms with Crippen molar-refractivity contribution in [2.24, 2.45) is 0 Å². The number of benzene rings is 1. The van der Waals surface area contributed by atoms with Gasteiger partial charge in [-0.2, -0.15) is 31.4 Å². The maximum atomic E-state index is 14.4. The fourth-order valence-corrected chi connectivity index (χ4v) is 6.17. The zero-order valence-electron chi connectivity index (χ0n) is 31.2. The Morgan fingerprint density at radius 2 is 1.60 bits per heavy atom. The quantitative estimate of drug-likeness (QED) is 0.0762. The number of unbranched alkanes of at least 4 members (excludes halogenated alkanes) is 4. The second kappa shape index (κ2) is 24.9. The molecule has 0 atom stereocenters. The van der Waals surface area contributed by atoms with Gasteiger partial charge in [-0.15, -0.1) is 11.6 Å². The minimum Gasteiger partial charge on any atom is -0.693 e. The zero-order chi connectivity index (χ0) is 36.7. The standard InChI is InChI=1S/C29H23F3N4O.C5H11N.C5H12.CH3Cl.2H2N.Ru/c1-17-6-8-34-24(12-17)25-14-18(7-9-35-25)22(16-33)26-15-23(29(30,31)32)21-13-19-4-2-10-36-11-3-5-20(27(19)36)28(21)37-26;1-2-3-4-5-6;1-3-5-4-2;1-2;;;/h6-9,12-15H,2-5,10-11H2,1H3;6H,1-5H2;3-5H2,1-2H3;1H3;2*1H2;/q;-2;;;2*-1;+4/b26-22-;;;;;;. The molecule has 5 N–H and O–H groups in total. The van der Waals surface area contributed by atoms with Crippen molar-refractivity contribution < 1.29 is 37.4 Å². The Kier molecular flexibility index (Phi) is 23.3. The van der Waals surface area contributed by atoms with E-state index in [0.29, 0.717) is 29.9 Å². The number of alkyl halides is 4. The number of rotatable bonds is 7. The van der Waals surface area contributed by atoms with Gasteiger partial charge in [0.1, 0.15) is 23.2 Å². The molecule has 0 unspecified atom stereocenters. The van der Waals surface area contributed by atoms with Crippen molar-refractivity contribution in [3.05, 3.63) is 107 Å². The van der Waals surface area contributed by atoms with Crippen LogP contribution >= 0.6 is 11.6 Å². The van der Waals surface area contributed by atoms with Gasteiger partial charge >= 0.3 is 25.7 Å². The van der Waals surface area contributed by atoms with E-state index in [2.05, 4.69) is 53.3 Å². The first-order valence-corrected chi connectivity index (χ1v) is 18.2. The molecule has 0 radical (unpaired) electrons. The minimum atomic E-state index is -4.61. The van der Waals surface area contributed by atoms with Gasteiger partial charge < -0.3 is 34.6 Å². The van der Waals surface area contributed by atoms with Crippen LogP contribution in [0, 0.1) is 25.2 Å². The predicted molar refractivity (Wildman–Crippen MR) is 211 cm³/mol. The SMILES string of the molecule is CCCCC.CCl.Cc1ccnc(-c2cc(/C(C#N)=C3/C=C(C(F)(F)F)c4cc5c6c(c4O3)CCCN6CCC5)ccn2)c1.[CH2-]CCCC[NH-].[NH2-].[NH2-].[Ru+4].